The number of halogens is 3. The number of nitrogens with two attached hydrogens (primary N) is 1. The predicted molar refractivity (Wildman–Crippen MR) is 103 cm³/mol. The summed E-state index contributed by atoms with van der Waals surface area (Å²) in [6.45, 7) is 5.13. The van der Waals surface area contributed by atoms with E-state index in [1.54, 1.807) is 26.8 Å². The fourth-order valence-electron chi connectivity index (χ4n) is 3.18. The lowest BCUT2D eigenvalue weighted by Gasteiger charge is -2.21. The molecule has 0 radical (unpaired) electrons. The number of nitrogens with zero attached hydrogens (tertiary/aromatic N) is 3. The van der Waals surface area contributed by atoms with Crippen molar-refractivity contribution in [3.63, 3.8) is 0 Å². The third-order valence-corrected chi connectivity index (χ3v) is 4.83. The molecule has 1 saturated carbocycles. The fraction of sp³-hybridized carbons (Fsp3) is 0.444. The van der Waals surface area contributed by atoms with Crippen molar-refractivity contribution >= 4 is 34.2 Å². The summed E-state index contributed by atoms with van der Waals surface area (Å²) in [5.41, 5.74) is 8.14. The van der Waals surface area contributed by atoms with Gasteiger partial charge in [-0.25, -0.2) is 9.50 Å². The number of nitrogens with one attached hydrogen (secondary N) is 1. The van der Waals surface area contributed by atoms with Crippen LogP contribution < -0.4 is 11.1 Å². The van der Waals surface area contributed by atoms with Gasteiger partial charge in [-0.05, 0) is 45.6 Å². The highest BCUT2D eigenvalue weighted by Crippen LogP contribution is 2.40. The van der Waals surface area contributed by atoms with Crippen LogP contribution in [0.2, 0.25) is 0 Å². The average molecular weight is 411 g/mol. The predicted octanol–water partition coefficient (Wildman–Crippen LogP) is 3.19. The van der Waals surface area contributed by atoms with Crippen LogP contribution in [-0.2, 0) is 0 Å². The molecule has 2 aromatic rings. The van der Waals surface area contributed by atoms with Crippen LogP contribution in [0, 0.1) is 12.8 Å². The second-order valence-corrected chi connectivity index (χ2v) is 7.63. The van der Waals surface area contributed by atoms with Crippen LogP contribution in [0.15, 0.2) is 18.0 Å². The smallest absolute Gasteiger partial charge is 0.402 e. The molecule has 0 unspecified atom stereocenters. The summed E-state index contributed by atoms with van der Waals surface area (Å²) < 4.78 is 41.2. The molecule has 10 heteroatoms. The minimum atomic E-state index is -4.50. The Bertz CT molecular complexity index is 987. The van der Waals surface area contributed by atoms with Crippen LogP contribution in [0.5, 0.6) is 0 Å². The monoisotopic (exact) mass is 411 g/mol. The van der Waals surface area contributed by atoms with E-state index in [-0.39, 0.29) is 11.2 Å². The molecule has 150 valence electrons. The van der Waals surface area contributed by atoms with Gasteiger partial charge in [-0.3, -0.25) is 4.79 Å². The van der Waals surface area contributed by atoms with Gasteiger partial charge in [0.15, 0.2) is 5.65 Å². The summed E-state index contributed by atoms with van der Waals surface area (Å²) >= 11 is 5.23. The molecule has 0 aliphatic heterocycles. The Kier molecular flexibility index (Phi) is 5.18. The highest BCUT2D eigenvalue weighted by atomic mass is 32.1. The molecule has 1 aliphatic rings. The lowest BCUT2D eigenvalue weighted by molar-refractivity contribution is -0.158. The third-order valence-electron chi connectivity index (χ3n) is 4.63. The van der Waals surface area contributed by atoms with Gasteiger partial charge in [0.05, 0.1) is 11.9 Å². The van der Waals surface area contributed by atoms with Gasteiger partial charge in [0.1, 0.15) is 11.6 Å². The van der Waals surface area contributed by atoms with E-state index in [0.717, 1.165) is 0 Å². The Hall–Kier alpha value is -2.49. The maximum absolute atomic E-state index is 13.3. The van der Waals surface area contributed by atoms with Crippen LogP contribution >= 0.6 is 12.2 Å². The zero-order valence-electron chi connectivity index (χ0n) is 15.6. The highest BCUT2D eigenvalue weighted by Gasteiger charge is 2.49. The van der Waals surface area contributed by atoms with Crippen molar-refractivity contribution in [2.24, 2.45) is 11.7 Å². The van der Waals surface area contributed by atoms with Gasteiger partial charge in [0, 0.05) is 21.8 Å². The zero-order chi connectivity index (χ0) is 20.8. The van der Waals surface area contributed by atoms with Crippen molar-refractivity contribution in [1.82, 2.24) is 19.9 Å². The molecule has 1 amide bonds. The van der Waals surface area contributed by atoms with E-state index in [1.807, 2.05) is 0 Å². The number of amides is 1. The first kappa shape index (κ1) is 20.2. The van der Waals surface area contributed by atoms with E-state index in [9.17, 15) is 18.0 Å². The van der Waals surface area contributed by atoms with Gasteiger partial charge < -0.3 is 11.1 Å². The number of alkyl halides is 3. The maximum atomic E-state index is 13.3. The van der Waals surface area contributed by atoms with E-state index in [0.29, 0.717) is 40.4 Å². The van der Waals surface area contributed by atoms with Gasteiger partial charge >= 0.3 is 6.18 Å². The van der Waals surface area contributed by atoms with Gasteiger partial charge in [-0.2, -0.15) is 18.3 Å². The first-order valence-corrected chi connectivity index (χ1v) is 9.12. The Morgan fingerprint density at radius 3 is 2.54 bits per heavy atom. The zero-order valence-corrected chi connectivity index (χ0v) is 16.4. The Morgan fingerprint density at radius 1 is 1.39 bits per heavy atom. The van der Waals surface area contributed by atoms with Crippen LogP contribution in [0.3, 0.4) is 0 Å². The highest BCUT2D eigenvalue weighted by molar-refractivity contribution is 7.81. The number of aryl methyl sites for hydroxylation is 1. The molecular weight excluding hydrogens is 391 g/mol. The number of rotatable bonds is 5. The van der Waals surface area contributed by atoms with Crippen molar-refractivity contribution in [3.05, 3.63) is 34.9 Å². The molecule has 3 rings (SSSR count). The molecule has 2 aromatic heterocycles. The summed E-state index contributed by atoms with van der Waals surface area (Å²) in [5.74, 6) is -1.44. The summed E-state index contributed by atoms with van der Waals surface area (Å²) in [5, 5.41) is 6.20. The lowest BCUT2D eigenvalue weighted by Crippen LogP contribution is -2.46. The number of thiocarbonyl (C=S) groups is 1. The van der Waals surface area contributed by atoms with Crippen LogP contribution in [0.1, 0.15) is 48.4 Å². The van der Waals surface area contributed by atoms with E-state index < -0.39 is 24.0 Å². The number of fused-ring (bicyclic) bond motifs is 1. The van der Waals surface area contributed by atoms with Crippen LogP contribution in [0.4, 0.5) is 13.2 Å². The Balaban J connectivity index is 2.04. The topological polar surface area (TPSA) is 85.3 Å². The van der Waals surface area contributed by atoms with Crippen molar-refractivity contribution in [3.8, 4) is 0 Å². The maximum Gasteiger partial charge on any atom is 0.408 e. The summed E-state index contributed by atoms with van der Waals surface area (Å²) in [6, 6.07) is -0.157. The second kappa shape index (κ2) is 7.16. The van der Waals surface area contributed by atoms with E-state index in [2.05, 4.69) is 15.4 Å². The molecule has 0 saturated heterocycles. The van der Waals surface area contributed by atoms with Crippen molar-refractivity contribution in [2.75, 3.05) is 0 Å². The van der Waals surface area contributed by atoms with Gasteiger partial charge in [-0.1, -0.05) is 12.2 Å². The van der Waals surface area contributed by atoms with Gasteiger partial charge in [0.2, 0.25) is 0 Å². The number of carbonyl (C=O) groups excluding carboxylic acids is 1. The number of hydrogen-bond acceptors (Lipinski definition) is 5. The number of aromatic nitrogens is 3. The standard InChI is InChI=1S/C18H20F3N5OS/c1-8-6-13(14(9(2)22)10(3)28)24-16-12(7-23-26(8)16)17(27)25-15(11-4-5-11)18(19,20)21/h6-7,11,15H,4-5,22H2,1-3H3,(H,25,27)/t15-/m0/s1. The fourth-order valence-corrected chi connectivity index (χ4v) is 3.44. The van der Waals surface area contributed by atoms with Crippen molar-refractivity contribution < 1.29 is 18.0 Å². The molecular formula is C18H20F3N5OS. The number of carbonyl (C=O) groups is 1. The second-order valence-electron chi connectivity index (χ2n) is 7.02. The SMILES string of the molecule is CC(=S)C(=C(C)N)c1cc(C)n2ncc(C(=O)N[C@@H](C3CC3)C(F)(F)F)c2n1. The molecule has 2 heterocycles. The Labute approximate surface area is 165 Å². The van der Waals surface area contributed by atoms with E-state index in [1.165, 1.54) is 10.7 Å². The molecule has 1 aliphatic carbocycles. The quantitative estimate of drug-likeness (QED) is 0.583. The van der Waals surface area contributed by atoms with Crippen molar-refractivity contribution in [2.45, 2.75) is 45.8 Å². The third kappa shape index (κ3) is 3.87. The van der Waals surface area contributed by atoms with Crippen molar-refractivity contribution in [1.29, 1.82) is 0 Å². The number of hydrogen-bond donors (Lipinski definition) is 2. The number of allylic oxidation sites excluding steroid dienone is 2. The average Bonchev–Trinajstić information content (AvgIpc) is 3.29. The molecule has 0 aromatic carbocycles. The van der Waals surface area contributed by atoms with E-state index in [4.69, 9.17) is 18.0 Å². The van der Waals surface area contributed by atoms with Crippen LogP contribution in [0.25, 0.3) is 11.2 Å². The summed E-state index contributed by atoms with van der Waals surface area (Å²) in [6.07, 6.45) is -2.40. The molecule has 6 nitrogen and oxygen atoms in total. The molecule has 0 bridgehead atoms. The Morgan fingerprint density at radius 2 is 2.04 bits per heavy atom. The minimum absolute atomic E-state index is 0.0316. The lowest BCUT2D eigenvalue weighted by atomic mass is 10.1. The first-order chi connectivity index (χ1) is 13.0. The van der Waals surface area contributed by atoms with E-state index >= 15 is 0 Å². The largest absolute Gasteiger partial charge is 0.408 e. The summed E-state index contributed by atoms with van der Waals surface area (Å²) in [4.78, 5) is 17.5. The molecule has 28 heavy (non-hydrogen) atoms. The molecule has 1 fully saturated rings. The first-order valence-electron chi connectivity index (χ1n) is 8.71. The normalized spacial score (nSPS) is 16.6. The molecule has 1 atom stereocenters. The van der Waals surface area contributed by atoms with Crippen LogP contribution in [-0.4, -0.2) is 37.6 Å². The summed E-state index contributed by atoms with van der Waals surface area (Å²) in [7, 11) is 0. The molecule has 3 N–H and O–H groups in total. The molecule has 0 spiro atoms. The minimum Gasteiger partial charge on any atom is -0.402 e. The van der Waals surface area contributed by atoms with Gasteiger partial charge in [-0.15, -0.1) is 0 Å². The van der Waals surface area contributed by atoms with Gasteiger partial charge in [0.25, 0.3) is 5.91 Å².